The molecule has 38 heavy (non-hydrogen) atoms. The summed E-state index contributed by atoms with van der Waals surface area (Å²) in [5, 5.41) is 0. The average molecular weight is 535 g/mol. The lowest BCUT2D eigenvalue weighted by Crippen LogP contribution is -2.27. The maximum atomic E-state index is 15.1. The van der Waals surface area contributed by atoms with E-state index in [-0.39, 0.29) is 24.7 Å². The minimum absolute atomic E-state index is 0.0225. The van der Waals surface area contributed by atoms with Crippen LogP contribution in [0.2, 0.25) is 0 Å². The predicted octanol–water partition coefficient (Wildman–Crippen LogP) is 8.79. The molecule has 6 heteroatoms. The number of halogens is 3. The van der Waals surface area contributed by atoms with Gasteiger partial charge in [-0.15, -0.1) is 0 Å². The van der Waals surface area contributed by atoms with Crippen molar-refractivity contribution in [1.29, 1.82) is 0 Å². The first-order chi connectivity index (χ1) is 18.5. The van der Waals surface area contributed by atoms with Gasteiger partial charge in [0.05, 0.1) is 19.3 Å². The van der Waals surface area contributed by atoms with E-state index >= 15 is 8.78 Å². The predicted molar refractivity (Wildman–Crippen MR) is 148 cm³/mol. The van der Waals surface area contributed by atoms with Gasteiger partial charge in [0.2, 0.25) is 0 Å². The molecule has 0 saturated heterocycles. The van der Waals surface area contributed by atoms with Crippen LogP contribution < -0.4 is 4.74 Å². The van der Waals surface area contributed by atoms with Crippen molar-refractivity contribution >= 4 is 0 Å². The van der Waals surface area contributed by atoms with Crippen molar-refractivity contribution < 1.29 is 27.4 Å². The molecule has 0 radical (unpaired) electrons. The molecule has 0 bridgehead atoms. The molecule has 0 fully saturated rings. The molecule has 0 heterocycles. The van der Waals surface area contributed by atoms with Crippen LogP contribution in [0.5, 0.6) is 5.75 Å². The Labute approximate surface area is 227 Å². The fourth-order valence-electron chi connectivity index (χ4n) is 4.91. The second-order valence-corrected chi connectivity index (χ2v) is 10.4. The Bertz CT molecular complexity index is 948. The molecule has 2 aromatic rings. The van der Waals surface area contributed by atoms with Gasteiger partial charge in [0.25, 0.3) is 0 Å². The maximum absolute atomic E-state index is 15.1. The summed E-state index contributed by atoms with van der Waals surface area (Å²) >= 11 is 0. The molecule has 212 valence electrons. The normalized spacial score (nSPS) is 15.9. The van der Waals surface area contributed by atoms with Crippen molar-refractivity contribution in [1.82, 2.24) is 0 Å². The fourth-order valence-corrected chi connectivity index (χ4v) is 4.91. The van der Waals surface area contributed by atoms with Crippen LogP contribution in [0.25, 0.3) is 11.1 Å². The number of fused-ring (bicyclic) bond motifs is 1. The van der Waals surface area contributed by atoms with Crippen LogP contribution in [0.1, 0.15) is 89.2 Å². The van der Waals surface area contributed by atoms with E-state index in [1.165, 1.54) is 12.8 Å². The number of hydrogen-bond acceptors (Lipinski definition) is 3. The molecule has 2 unspecified atom stereocenters. The number of unbranched alkanes of at least 4 members (excludes halogenated alkanes) is 5. The lowest BCUT2D eigenvalue weighted by Gasteiger charge is -2.27. The number of benzene rings is 2. The number of ether oxygens (including phenoxy) is 3. The lowest BCUT2D eigenvalue weighted by molar-refractivity contribution is 0.00865. The summed E-state index contributed by atoms with van der Waals surface area (Å²) in [7, 11) is 0. The van der Waals surface area contributed by atoms with E-state index in [0.717, 1.165) is 50.7 Å². The Balaban J connectivity index is 1.50. The van der Waals surface area contributed by atoms with Crippen LogP contribution in [-0.2, 0) is 22.3 Å². The molecule has 0 spiro atoms. The third kappa shape index (κ3) is 9.60. The number of alkyl halides is 1. The van der Waals surface area contributed by atoms with Gasteiger partial charge in [-0.1, -0.05) is 64.5 Å². The first-order valence-corrected chi connectivity index (χ1v) is 14.6. The van der Waals surface area contributed by atoms with Crippen LogP contribution in [-0.4, -0.2) is 38.7 Å². The van der Waals surface area contributed by atoms with Crippen molar-refractivity contribution in [3.8, 4) is 16.9 Å². The van der Waals surface area contributed by atoms with Crippen LogP contribution in [0.4, 0.5) is 13.2 Å². The lowest BCUT2D eigenvalue weighted by atomic mass is 9.86. The van der Waals surface area contributed by atoms with E-state index in [4.69, 9.17) is 14.2 Å². The summed E-state index contributed by atoms with van der Waals surface area (Å²) in [5.74, 6) is -0.978. The summed E-state index contributed by atoms with van der Waals surface area (Å²) in [5.41, 5.74) is 2.02. The highest BCUT2D eigenvalue weighted by Gasteiger charge is 2.27. The van der Waals surface area contributed by atoms with E-state index < -0.39 is 17.8 Å². The zero-order chi connectivity index (χ0) is 27.2. The quantitative estimate of drug-likeness (QED) is 0.179. The second-order valence-electron chi connectivity index (χ2n) is 10.4. The minimum atomic E-state index is -1.01. The van der Waals surface area contributed by atoms with Gasteiger partial charge in [-0.2, -0.15) is 0 Å². The van der Waals surface area contributed by atoms with Gasteiger partial charge in [-0.25, -0.2) is 13.2 Å². The van der Waals surface area contributed by atoms with Gasteiger partial charge >= 0.3 is 0 Å². The van der Waals surface area contributed by atoms with Gasteiger partial charge in [0.1, 0.15) is 11.9 Å². The number of aryl methyl sites for hydroxylation is 1. The van der Waals surface area contributed by atoms with Gasteiger partial charge in [0, 0.05) is 31.6 Å². The van der Waals surface area contributed by atoms with Crippen molar-refractivity contribution in [2.75, 3.05) is 26.4 Å². The zero-order valence-electron chi connectivity index (χ0n) is 23.2. The molecule has 0 amide bonds. The second kappa shape index (κ2) is 16.8. The van der Waals surface area contributed by atoms with Crippen LogP contribution >= 0.6 is 0 Å². The fraction of sp³-hybridized carbons (Fsp3) is 0.625. The Morgan fingerprint density at radius 3 is 2.37 bits per heavy atom. The van der Waals surface area contributed by atoms with Gasteiger partial charge in [-0.05, 0) is 60.6 Å². The van der Waals surface area contributed by atoms with E-state index in [9.17, 15) is 4.39 Å². The zero-order valence-corrected chi connectivity index (χ0v) is 23.2. The summed E-state index contributed by atoms with van der Waals surface area (Å²) < 4.78 is 61.5. The van der Waals surface area contributed by atoms with Gasteiger partial charge < -0.3 is 14.2 Å². The molecule has 2 aromatic carbocycles. The Morgan fingerprint density at radius 2 is 1.61 bits per heavy atom. The van der Waals surface area contributed by atoms with Crippen molar-refractivity contribution in [3.05, 3.63) is 53.1 Å². The van der Waals surface area contributed by atoms with Crippen molar-refractivity contribution in [3.63, 3.8) is 0 Å². The average Bonchev–Trinajstić information content (AvgIpc) is 2.94. The Hall–Kier alpha value is -2.05. The molecule has 0 saturated carbocycles. The molecular weight excluding hydrogens is 489 g/mol. The monoisotopic (exact) mass is 534 g/mol. The highest BCUT2D eigenvalue weighted by Crippen LogP contribution is 2.34. The Morgan fingerprint density at radius 1 is 0.868 bits per heavy atom. The smallest absolute Gasteiger partial charge is 0.166 e. The molecule has 3 rings (SSSR count). The van der Waals surface area contributed by atoms with E-state index in [2.05, 4.69) is 13.8 Å². The van der Waals surface area contributed by atoms with Crippen molar-refractivity contribution in [2.45, 2.75) is 103 Å². The third-order valence-electron chi connectivity index (χ3n) is 7.21. The minimum Gasteiger partial charge on any atom is -0.494 e. The Kier molecular flexibility index (Phi) is 13.5. The summed E-state index contributed by atoms with van der Waals surface area (Å²) in [6, 6.07) is 8.85. The summed E-state index contributed by atoms with van der Waals surface area (Å²) in [6.45, 7) is 6.32. The molecule has 3 nitrogen and oxygen atoms in total. The molecule has 0 N–H and O–H groups in total. The molecule has 0 aromatic heterocycles. The van der Waals surface area contributed by atoms with E-state index in [0.29, 0.717) is 49.4 Å². The highest BCUT2D eigenvalue weighted by atomic mass is 19.2. The van der Waals surface area contributed by atoms with Crippen LogP contribution in [0.15, 0.2) is 30.3 Å². The standard InChI is InChI=1S/C32H45F3O3/c1-3-5-7-8-11-26(33)23-38-28-17-14-25-21-29(31(34)32(35)30(25)22-28)24-12-15-27(16-13-24)37-20-10-19-36-18-9-6-4-2/h12-13,15-16,21,26,28H,3-11,14,17-20,22-23H2,1-2H3. The first kappa shape index (κ1) is 30.5. The molecular formula is C32H45F3O3. The molecule has 2 atom stereocenters. The summed E-state index contributed by atoms with van der Waals surface area (Å²) in [6.07, 6.45) is 9.12. The van der Waals surface area contributed by atoms with E-state index in [1.54, 1.807) is 30.3 Å². The maximum Gasteiger partial charge on any atom is 0.166 e. The first-order valence-electron chi connectivity index (χ1n) is 14.6. The van der Waals surface area contributed by atoms with E-state index in [1.807, 2.05) is 0 Å². The number of hydrogen-bond donors (Lipinski definition) is 0. The highest BCUT2D eigenvalue weighted by molar-refractivity contribution is 5.67. The third-order valence-corrected chi connectivity index (χ3v) is 7.21. The molecule has 1 aliphatic rings. The van der Waals surface area contributed by atoms with Gasteiger partial charge in [-0.3, -0.25) is 0 Å². The topological polar surface area (TPSA) is 27.7 Å². The number of rotatable bonds is 18. The van der Waals surface area contributed by atoms with Crippen LogP contribution in [0, 0.1) is 11.6 Å². The summed E-state index contributed by atoms with van der Waals surface area (Å²) in [4.78, 5) is 0. The van der Waals surface area contributed by atoms with Crippen molar-refractivity contribution in [2.24, 2.45) is 0 Å². The van der Waals surface area contributed by atoms with Gasteiger partial charge in [0.15, 0.2) is 11.6 Å². The largest absolute Gasteiger partial charge is 0.494 e. The SMILES string of the molecule is CCCCCCC(F)COC1CCc2cc(-c3ccc(OCCCOCCCCC)cc3)c(F)c(F)c2C1. The van der Waals surface area contributed by atoms with Crippen LogP contribution in [0.3, 0.4) is 0 Å². The molecule has 1 aliphatic carbocycles. The molecule has 0 aliphatic heterocycles.